The van der Waals surface area contributed by atoms with Crippen LogP contribution in [0.5, 0.6) is 0 Å². The van der Waals surface area contributed by atoms with Gasteiger partial charge in [-0.2, -0.15) is 5.10 Å². The molecule has 10 nitrogen and oxygen atoms in total. The molecule has 0 atom stereocenters. The Bertz CT molecular complexity index is 1280. The first-order chi connectivity index (χ1) is 17.0. The lowest BCUT2D eigenvalue weighted by atomic mass is 10.2. The van der Waals surface area contributed by atoms with Gasteiger partial charge in [-0.3, -0.25) is 9.48 Å². The molecule has 0 unspecified atom stereocenters. The van der Waals surface area contributed by atoms with E-state index in [0.29, 0.717) is 42.0 Å². The van der Waals surface area contributed by atoms with E-state index in [-0.39, 0.29) is 37.2 Å². The van der Waals surface area contributed by atoms with Gasteiger partial charge < -0.3 is 20.3 Å². The normalized spacial score (nSPS) is 10.9. The quantitative estimate of drug-likeness (QED) is 0.244. The molecule has 0 aliphatic rings. The number of aromatic nitrogens is 5. The van der Waals surface area contributed by atoms with Crippen molar-refractivity contribution in [3.8, 4) is 22.9 Å². The van der Waals surface area contributed by atoms with Gasteiger partial charge in [-0.15, -0.1) is 0 Å². The van der Waals surface area contributed by atoms with Crippen molar-refractivity contribution in [1.82, 2.24) is 24.9 Å². The number of nitrogens with two attached hydrogens (primary N) is 1. The second-order valence-electron chi connectivity index (χ2n) is 7.50. The maximum absolute atomic E-state index is 14.3. The van der Waals surface area contributed by atoms with Gasteiger partial charge in [-0.05, 0) is 25.0 Å². The maximum atomic E-state index is 14.3. The molecule has 0 saturated heterocycles. The van der Waals surface area contributed by atoms with Gasteiger partial charge in [0.2, 0.25) is 0 Å². The maximum Gasteiger partial charge on any atom is 0.319 e. The van der Waals surface area contributed by atoms with Crippen LogP contribution in [0.4, 0.5) is 14.6 Å². The Morgan fingerprint density at radius 1 is 1.14 bits per heavy atom. The standard InChI is InChI=1S/C23H23F2N7O3/c24-16-6-2-1-5-15(16)14-32-20(18-7-10-35-31-18)11-19(30-32)23-28-13-17(25)22(29-23)27-8-3-4-9-34-21(33)12-26/h1-2,5-7,10-11,13H,3-4,8-9,12,14,26H2,(H,27,28,29). The summed E-state index contributed by atoms with van der Waals surface area (Å²) in [6.45, 7) is 0.608. The molecule has 1 aromatic carbocycles. The van der Waals surface area contributed by atoms with E-state index in [1.165, 1.54) is 12.3 Å². The number of benzene rings is 1. The molecule has 3 heterocycles. The number of nitrogens with one attached hydrogen (secondary N) is 1. The summed E-state index contributed by atoms with van der Waals surface area (Å²) in [5.41, 5.74) is 7.03. The highest BCUT2D eigenvalue weighted by atomic mass is 19.1. The van der Waals surface area contributed by atoms with Crippen LogP contribution in [0.1, 0.15) is 18.4 Å². The van der Waals surface area contributed by atoms with Gasteiger partial charge in [-0.1, -0.05) is 23.4 Å². The molecule has 4 aromatic rings. The van der Waals surface area contributed by atoms with E-state index in [1.54, 1.807) is 35.0 Å². The van der Waals surface area contributed by atoms with Crippen LogP contribution in [-0.2, 0) is 16.1 Å². The number of ether oxygens (including phenoxy) is 1. The highest BCUT2D eigenvalue weighted by molar-refractivity contribution is 5.71. The van der Waals surface area contributed by atoms with E-state index in [2.05, 4.69) is 25.5 Å². The Kier molecular flexibility index (Phi) is 7.73. The van der Waals surface area contributed by atoms with Gasteiger partial charge in [0.1, 0.15) is 23.5 Å². The van der Waals surface area contributed by atoms with Crippen LogP contribution >= 0.6 is 0 Å². The Morgan fingerprint density at radius 2 is 2.00 bits per heavy atom. The molecule has 0 aliphatic heterocycles. The van der Waals surface area contributed by atoms with Crippen LogP contribution in [0, 0.1) is 11.6 Å². The summed E-state index contributed by atoms with van der Waals surface area (Å²) >= 11 is 0. The second kappa shape index (κ2) is 11.3. The second-order valence-corrected chi connectivity index (χ2v) is 7.50. The number of nitrogens with zero attached hydrogens (tertiary/aromatic N) is 5. The lowest BCUT2D eigenvalue weighted by Gasteiger charge is -2.08. The molecular formula is C23H23F2N7O3. The van der Waals surface area contributed by atoms with Gasteiger partial charge in [-0.25, -0.2) is 18.7 Å². The smallest absolute Gasteiger partial charge is 0.319 e. The number of carbonyl (C=O) groups excluding carboxylic acids is 1. The molecule has 0 fully saturated rings. The third-order valence-corrected chi connectivity index (χ3v) is 5.02. The Labute approximate surface area is 199 Å². The van der Waals surface area contributed by atoms with Crippen LogP contribution in [0.3, 0.4) is 0 Å². The van der Waals surface area contributed by atoms with E-state index < -0.39 is 11.8 Å². The summed E-state index contributed by atoms with van der Waals surface area (Å²) in [6.07, 6.45) is 3.67. The number of anilines is 1. The van der Waals surface area contributed by atoms with E-state index in [4.69, 9.17) is 15.0 Å². The van der Waals surface area contributed by atoms with Crippen molar-refractivity contribution in [2.75, 3.05) is 25.0 Å². The minimum absolute atomic E-state index is 0.0144. The average molecular weight is 483 g/mol. The van der Waals surface area contributed by atoms with Crippen LogP contribution in [0.15, 0.2) is 53.4 Å². The lowest BCUT2D eigenvalue weighted by molar-refractivity contribution is -0.142. The summed E-state index contributed by atoms with van der Waals surface area (Å²) in [4.78, 5) is 19.4. The number of halogens is 2. The number of rotatable bonds is 11. The molecule has 0 saturated carbocycles. The number of hydrogen-bond donors (Lipinski definition) is 2. The van der Waals surface area contributed by atoms with Crippen molar-refractivity contribution in [1.29, 1.82) is 0 Å². The molecule has 0 spiro atoms. The summed E-state index contributed by atoms with van der Waals surface area (Å²) in [6, 6.07) is 9.72. The zero-order valence-corrected chi connectivity index (χ0v) is 18.7. The molecule has 0 aliphatic carbocycles. The molecule has 3 aromatic heterocycles. The first-order valence-electron chi connectivity index (χ1n) is 10.9. The van der Waals surface area contributed by atoms with Gasteiger partial charge in [0.05, 0.1) is 31.6 Å². The summed E-state index contributed by atoms with van der Waals surface area (Å²) in [5, 5.41) is 11.4. The van der Waals surface area contributed by atoms with Crippen LogP contribution in [0.25, 0.3) is 22.9 Å². The molecule has 12 heteroatoms. The van der Waals surface area contributed by atoms with E-state index in [1.807, 2.05) is 0 Å². The van der Waals surface area contributed by atoms with Gasteiger partial charge in [0.25, 0.3) is 0 Å². The van der Waals surface area contributed by atoms with Crippen molar-refractivity contribution in [3.63, 3.8) is 0 Å². The first kappa shape index (κ1) is 24.0. The molecule has 0 radical (unpaired) electrons. The zero-order valence-electron chi connectivity index (χ0n) is 18.7. The van der Waals surface area contributed by atoms with Crippen molar-refractivity contribution >= 4 is 11.8 Å². The fourth-order valence-electron chi connectivity index (χ4n) is 3.28. The molecule has 35 heavy (non-hydrogen) atoms. The van der Waals surface area contributed by atoms with Crippen LogP contribution in [-0.4, -0.2) is 50.6 Å². The number of hydrogen-bond acceptors (Lipinski definition) is 9. The van der Waals surface area contributed by atoms with Crippen LogP contribution in [0.2, 0.25) is 0 Å². The summed E-state index contributed by atoms with van der Waals surface area (Å²) < 4.78 is 40.0. The first-order valence-corrected chi connectivity index (χ1v) is 10.9. The molecule has 3 N–H and O–H groups in total. The third-order valence-electron chi connectivity index (χ3n) is 5.02. The predicted octanol–water partition coefficient (Wildman–Crippen LogP) is 3.02. The lowest BCUT2D eigenvalue weighted by Crippen LogP contribution is -2.17. The fourth-order valence-corrected chi connectivity index (χ4v) is 3.28. The number of carbonyl (C=O) groups is 1. The summed E-state index contributed by atoms with van der Waals surface area (Å²) in [7, 11) is 0. The largest absolute Gasteiger partial charge is 0.465 e. The average Bonchev–Trinajstić information content (AvgIpc) is 3.54. The van der Waals surface area contributed by atoms with Gasteiger partial charge >= 0.3 is 5.97 Å². The van der Waals surface area contributed by atoms with Gasteiger partial charge in [0, 0.05) is 18.2 Å². The Balaban J connectivity index is 1.51. The SMILES string of the molecule is NCC(=O)OCCCCNc1nc(-c2cc(-c3ccon3)n(Cc3ccccc3F)n2)ncc1F. The van der Waals surface area contributed by atoms with Crippen molar-refractivity contribution in [2.24, 2.45) is 5.73 Å². The molecule has 4 rings (SSSR count). The topological polar surface area (TPSA) is 134 Å². The highest BCUT2D eigenvalue weighted by Crippen LogP contribution is 2.26. The number of esters is 1. The molecule has 182 valence electrons. The third kappa shape index (κ3) is 6.03. The fraction of sp³-hybridized carbons (Fsp3) is 0.261. The predicted molar refractivity (Wildman–Crippen MR) is 122 cm³/mol. The molecule has 0 amide bonds. The molecule has 0 bridgehead atoms. The van der Waals surface area contributed by atoms with Crippen LogP contribution < -0.4 is 11.1 Å². The monoisotopic (exact) mass is 483 g/mol. The summed E-state index contributed by atoms with van der Waals surface area (Å²) in [5.74, 6) is -1.25. The Morgan fingerprint density at radius 3 is 2.77 bits per heavy atom. The zero-order chi connectivity index (χ0) is 24.6. The van der Waals surface area contributed by atoms with Crippen molar-refractivity contribution in [3.05, 3.63) is 66.1 Å². The molecular weight excluding hydrogens is 460 g/mol. The minimum atomic E-state index is -0.620. The van der Waals surface area contributed by atoms with Crippen molar-refractivity contribution in [2.45, 2.75) is 19.4 Å². The van der Waals surface area contributed by atoms with E-state index in [0.717, 1.165) is 6.20 Å². The highest BCUT2D eigenvalue weighted by Gasteiger charge is 2.18. The van der Waals surface area contributed by atoms with E-state index in [9.17, 15) is 13.6 Å². The Hall–Kier alpha value is -4.19. The van der Waals surface area contributed by atoms with Gasteiger partial charge in [0.15, 0.2) is 17.5 Å². The van der Waals surface area contributed by atoms with Crippen molar-refractivity contribution < 1.29 is 22.8 Å². The number of unbranched alkanes of at least 4 members (excludes halogenated alkanes) is 1. The minimum Gasteiger partial charge on any atom is -0.465 e. The van der Waals surface area contributed by atoms with E-state index >= 15 is 0 Å².